The lowest BCUT2D eigenvalue weighted by atomic mass is 9.78. The Morgan fingerprint density at radius 3 is 2.39 bits per heavy atom. The van der Waals surface area contributed by atoms with Crippen LogP contribution in [-0.2, 0) is 9.59 Å². The smallest absolute Gasteiger partial charge is 0.231 e. The van der Waals surface area contributed by atoms with Crippen LogP contribution in [0, 0.1) is 12.8 Å². The van der Waals surface area contributed by atoms with E-state index in [1.165, 1.54) is 5.56 Å². The molecule has 2 aliphatic carbocycles. The molecular weight excluding hydrogens is 448 g/mol. The maximum atomic E-state index is 14.0. The van der Waals surface area contributed by atoms with Crippen molar-refractivity contribution in [3.63, 3.8) is 0 Å². The number of anilines is 2. The van der Waals surface area contributed by atoms with Crippen LogP contribution >= 0.6 is 0 Å². The Balaban J connectivity index is 1.55. The van der Waals surface area contributed by atoms with Gasteiger partial charge in [-0.1, -0.05) is 48.5 Å². The minimum Gasteiger partial charge on any atom is -0.497 e. The highest BCUT2D eigenvalue weighted by Gasteiger charge is 2.45. The molecule has 3 aromatic rings. The number of nitrogens with zero attached hydrogens (tertiary/aromatic N) is 1. The molecule has 6 rings (SSSR count). The van der Waals surface area contributed by atoms with Crippen LogP contribution in [0.25, 0.3) is 0 Å². The van der Waals surface area contributed by atoms with E-state index in [0.29, 0.717) is 12.0 Å². The van der Waals surface area contributed by atoms with Gasteiger partial charge in [0.2, 0.25) is 5.91 Å². The van der Waals surface area contributed by atoms with Crippen LogP contribution in [-0.4, -0.2) is 18.8 Å². The largest absolute Gasteiger partial charge is 0.497 e. The fourth-order valence-electron chi connectivity index (χ4n) is 5.58. The molecule has 5 nitrogen and oxygen atoms in total. The molecule has 1 N–H and O–H groups in total. The molecule has 1 aliphatic heterocycles. The first-order chi connectivity index (χ1) is 17.5. The van der Waals surface area contributed by atoms with Crippen LogP contribution in [0.1, 0.15) is 54.3 Å². The zero-order chi connectivity index (χ0) is 24.8. The molecule has 0 bridgehead atoms. The van der Waals surface area contributed by atoms with E-state index in [1.54, 1.807) is 7.11 Å². The summed E-state index contributed by atoms with van der Waals surface area (Å²) in [4.78, 5) is 29.8. The standard InChI is InChI=1S/C31H30N2O3/c1-19-8-15-25-27(16-19)33(31(35)22-9-10-22)30(21-11-13-24(36-2)14-12-21)29-26(32-25)17-23(18-28(29)34)20-6-4-3-5-7-20/h3-8,11-16,22-23,30,32H,9-10,17-18H2,1-2H3/t23-,30-/m0/s1. The van der Waals surface area contributed by atoms with Crippen molar-refractivity contribution >= 4 is 23.1 Å². The quantitative estimate of drug-likeness (QED) is 0.477. The number of methoxy groups -OCH3 is 1. The summed E-state index contributed by atoms with van der Waals surface area (Å²) in [5.41, 5.74) is 6.49. The predicted octanol–water partition coefficient (Wildman–Crippen LogP) is 6.31. The molecule has 0 aromatic heterocycles. The number of Topliss-reactive ketones (excluding diaryl/α,β-unsaturated/α-hetero) is 1. The van der Waals surface area contributed by atoms with Crippen molar-refractivity contribution in [2.24, 2.45) is 5.92 Å². The second-order valence-corrected chi connectivity index (χ2v) is 10.1. The maximum absolute atomic E-state index is 14.0. The van der Waals surface area contributed by atoms with Gasteiger partial charge in [0.15, 0.2) is 5.78 Å². The van der Waals surface area contributed by atoms with Crippen molar-refractivity contribution in [3.8, 4) is 5.75 Å². The average Bonchev–Trinajstić information content (AvgIpc) is 3.75. The van der Waals surface area contributed by atoms with Crippen molar-refractivity contribution in [1.82, 2.24) is 0 Å². The predicted molar refractivity (Wildman–Crippen MR) is 141 cm³/mol. The molecular formula is C31H30N2O3. The van der Waals surface area contributed by atoms with Crippen molar-refractivity contribution in [3.05, 3.63) is 101 Å². The van der Waals surface area contributed by atoms with Crippen LogP contribution < -0.4 is 15.0 Å². The fourth-order valence-corrected chi connectivity index (χ4v) is 5.58. The van der Waals surface area contributed by atoms with Gasteiger partial charge in [0.25, 0.3) is 0 Å². The van der Waals surface area contributed by atoms with Gasteiger partial charge in [-0.3, -0.25) is 14.5 Å². The van der Waals surface area contributed by atoms with Crippen LogP contribution in [0.3, 0.4) is 0 Å². The highest BCUT2D eigenvalue weighted by molar-refractivity contribution is 6.07. The van der Waals surface area contributed by atoms with Crippen LogP contribution in [0.4, 0.5) is 11.4 Å². The number of rotatable bonds is 4. The lowest BCUT2D eigenvalue weighted by molar-refractivity contribution is -0.120. The molecule has 0 unspecified atom stereocenters. The first kappa shape index (κ1) is 22.6. The summed E-state index contributed by atoms with van der Waals surface area (Å²) >= 11 is 0. The van der Waals surface area contributed by atoms with Gasteiger partial charge in [-0.2, -0.15) is 0 Å². The van der Waals surface area contributed by atoms with Gasteiger partial charge in [-0.25, -0.2) is 0 Å². The molecule has 5 heteroatoms. The molecule has 0 radical (unpaired) electrons. The summed E-state index contributed by atoms with van der Waals surface area (Å²) in [6, 6.07) is 23.7. The van der Waals surface area contributed by atoms with E-state index in [9.17, 15) is 9.59 Å². The summed E-state index contributed by atoms with van der Waals surface area (Å²) in [5, 5.41) is 3.63. The zero-order valence-corrected chi connectivity index (χ0v) is 20.7. The minimum atomic E-state index is -0.487. The van der Waals surface area contributed by atoms with E-state index in [2.05, 4.69) is 29.6 Å². The minimum absolute atomic E-state index is 0.0111. The topological polar surface area (TPSA) is 58.6 Å². The second-order valence-electron chi connectivity index (χ2n) is 10.1. The number of carbonyl (C=O) groups is 2. The van der Waals surface area contributed by atoms with E-state index in [4.69, 9.17) is 4.74 Å². The Bertz CT molecular complexity index is 1360. The first-order valence-corrected chi connectivity index (χ1v) is 12.7. The molecule has 36 heavy (non-hydrogen) atoms. The summed E-state index contributed by atoms with van der Waals surface area (Å²) in [5.74, 6) is 1.04. The van der Waals surface area contributed by atoms with Crippen molar-refractivity contribution in [2.75, 3.05) is 17.3 Å². The zero-order valence-electron chi connectivity index (χ0n) is 20.7. The van der Waals surface area contributed by atoms with E-state index < -0.39 is 6.04 Å². The third-order valence-corrected chi connectivity index (χ3v) is 7.60. The number of hydrogen-bond acceptors (Lipinski definition) is 4. The Morgan fingerprint density at radius 2 is 1.69 bits per heavy atom. The Kier molecular flexibility index (Phi) is 5.63. The molecule has 1 fully saturated rings. The molecule has 1 saturated carbocycles. The number of ether oxygens (including phenoxy) is 1. The highest BCUT2D eigenvalue weighted by Crippen LogP contribution is 2.49. The van der Waals surface area contributed by atoms with Crippen molar-refractivity contribution in [2.45, 2.75) is 44.6 Å². The summed E-state index contributed by atoms with van der Waals surface area (Å²) in [7, 11) is 1.64. The van der Waals surface area contributed by atoms with Gasteiger partial charge >= 0.3 is 0 Å². The SMILES string of the molecule is COc1ccc([C@H]2C3=C(C[C@H](c4ccccc4)CC3=O)Nc3ccc(C)cc3N2C(=O)C2CC2)cc1. The van der Waals surface area contributed by atoms with Crippen LogP contribution in [0.2, 0.25) is 0 Å². The molecule has 0 spiro atoms. The molecule has 1 heterocycles. The van der Waals surface area contributed by atoms with Gasteiger partial charge in [0.05, 0.1) is 24.5 Å². The highest BCUT2D eigenvalue weighted by atomic mass is 16.5. The van der Waals surface area contributed by atoms with Crippen molar-refractivity contribution < 1.29 is 14.3 Å². The lowest BCUT2D eigenvalue weighted by Gasteiger charge is -2.35. The molecule has 3 aliphatic rings. The fraction of sp³-hybridized carbons (Fsp3) is 0.290. The number of fused-ring (bicyclic) bond motifs is 1. The van der Waals surface area contributed by atoms with Gasteiger partial charge in [0.1, 0.15) is 5.75 Å². The van der Waals surface area contributed by atoms with Gasteiger partial charge < -0.3 is 10.1 Å². The summed E-state index contributed by atoms with van der Waals surface area (Å²) in [6.45, 7) is 2.04. The monoisotopic (exact) mass is 478 g/mol. The number of benzene rings is 3. The maximum Gasteiger partial charge on any atom is 0.231 e. The number of nitrogens with one attached hydrogen (secondary N) is 1. The summed E-state index contributed by atoms with van der Waals surface area (Å²) in [6.07, 6.45) is 2.94. The third-order valence-electron chi connectivity index (χ3n) is 7.60. The van der Waals surface area contributed by atoms with Gasteiger partial charge in [-0.15, -0.1) is 0 Å². The second kappa shape index (κ2) is 8.98. The molecule has 182 valence electrons. The van der Waals surface area contributed by atoms with E-state index >= 15 is 0 Å². The molecule has 2 atom stereocenters. The van der Waals surface area contributed by atoms with Crippen LogP contribution in [0.5, 0.6) is 5.75 Å². The average molecular weight is 479 g/mol. The van der Waals surface area contributed by atoms with E-state index in [-0.39, 0.29) is 23.5 Å². The van der Waals surface area contributed by atoms with Gasteiger partial charge in [-0.05, 0) is 73.1 Å². The van der Waals surface area contributed by atoms with Crippen LogP contribution in [0.15, 0.2) is 84.1 Å². The van der Waals surface area contributed by atoms with Crippen molar-refractivity contribution in [1.29, 1.82) is 0 Å². The molecule has 3 aromatic carbocycles. The number of ketones is 1. The number of amides is 1. The number of aryl methyl sites for hydroxylation is 1. The Hall–Kier alpha value is -3.86. The number of hydrogen-bond donors (Lipinski definition) is 1. The number of carbonyl (C=O) groups excluding carboxylic acids is 2. The molecule has 1 amide bonds. The molecule has 0 saturated heterocycles. The third kappa shape index (κ3) is 3.98. The summed E-state index contributed by atoms with van der Waals surface area (Å²) < 4.78 is 5.39. The Labute approximate surface area is 211 Å². The van der Waals surface area contributed by atoms with Gasteiger partial charge in [0, 0.05) is 23.6 Å². The Morgan fingerprint density at radius 1 is 0.944 bits per heavy atom. The lowest BCUT2D eigenvalue weighted by Crippen LogP contribution is -2.39. The normalized spacial score (nSPS) is 21.3. The first-order valence-electron chi connectivity index (χ1n) is 12.7. The number of allylic oxidation sites excluding steroid dienone is 1. The van der Waals surface area contributed by atoms with E-state index in [1.807, 2.05) is 60.4 Å². The van der Waals surface area contributed by atoms with E-state index in [0.717, 1.165) is 53.2 Å².